The lowest BCUT2D eigenvalue weighted by Gasteiger charge is -2.22. The standard InChI is InChI=1S/C15H27N3O2S/c1-11(2)12(19)6-7-16-13(20)10-21-14-17-8-9-18(14)15(3,4)5/h8-9,11-12,19H,6-7,10H2,1-5H3,(H,16,20). The molecule has 1 aromatic rings. The number of hydrogen-bond acceptors (Lipinski definition) is 4. The lowest BCUT2D eigenvalue weighted by atomic mass is 10.0. The van der Waals surface area contributed by atoms with Crippen molar-refractivity contribution in [3.8, 4) is 0 Å². The average Bonchev–Trinajstić information content (AvgIpc) is 2.84. The van der Waals surface area contributed by atoms with E-state index in [0.29, 0.717) is 18.7 Å². The zero-order chi connectivity index (χ0) is 16.0. The van der Waals surface area contributed by atoms with Gasteiger partial charge in [0.15, 0.2) is 5.16 Å². The highest BCUT2D eigenvalue weighted by Crippen LogP contribution is 2.23. The minimum Gasteiger partial charge on any atom is -0.393 e. The fraction of sp³-hybridized carbons (Fsp3) is 0.733. The molecule has 0 aromatic carbocycles. The van der Waals surface area contributed by atoms with E-state index in [2.05, 4.69) is 35.6 Å². The first kappa shape index (κ1) is 18.0. The molecule has 0 saturated carbocycles. The van der Waals surface area contributed by atoms with Crippen LogP contribution in [-0.4, -0.2) is 39.0 Å². The normalized spacial score (nSPS) is 13.5. The number of thioether (sulfide) groups is 1. The molecule has 0 radical (unpaired) electrons. The second-order valence-electron chi connectivity index (χ2n) is 6.49. The molecule has 0 fully saturated rings. The van der Waals surface area contributed by atoms with Gasteiger partial charge in [-0.3, -0.25) is 4.79 Å². The molecule has 5 nitrogen and oxygen atoms in total. The Labute approximate surface area is 131 Å². The number of carbonyl (C=O) groups is 1. The molecule has 0 aliphatic heterocycles. The highest BCUT2D eigenvalue weighted by molar-refractivity contribution is 7.99. The molecule has 1 unspecified atom stereocenters. The lowest BCUT2D eigenvalue weighted by Crippen LogP contribution is -2.30. The quantitative estimate of drug-likeness (QED) is 0.758. The molecular formula is C15H27N3O2S. The molecule has 1 heterocycles. The predicted molar refractivity (Wildman–Crippen MR) is 86.4 cm³/mol. The Morgan fingerprint density at radius 1 is 1.48 bits per heavy atom. The minimum atomic E-state index is -0.363. The van der Waals surface area contributed by atoms with Gasteiger partial charge in [-0.2, -0.15) is 0 Å². The maximum absolute atomic E-state index is 11.8. The highest BCUT2D eigenvalue weighted by Gasteiger charge is 2.17. The molecule has 1 rings (SSSR count). The summed E-state index contributed by atoms with van der Waals surface area (Å²) >= 11 is 1.43. The van der Waals surface area contributed by atoms with Gasteiger partial charge in [-0.05, 0) is 33.1 Å². The summed E-state index contributed by atoms with van der Waals surface area (Å²) in [6, 6.07) is 0. The fourth-order valence-corrected chi connectivity index (χ4v) is 2.75. The summed E-state index contributed by atoms with van der Waals surface area (Å²) in [4.78, 5) is 16.1. The van der Waals surface area contributed by atoms with Gasteiger partial charge in [-0.15, -0.1) is 0 Å². The molecule has 6 heteroatoms. The molecule has 0 aliphatic carbocycles. The van der Waals surface area contributed by atoms with Gasteiger partial charge in [-0.1, -0.05) is 25.6 Å². The van der Waals surface area contributed by atoms with Crippen molar-refractivity contribution >= 4 is 17.7 Å². The van der Waals surface area contributed by atoms with Gasteiger partial charge in [0.2, 0.25) is 5.91 Å². The van der Waals surface area contributed by atoms with Crippen LogP contribution in [0.5, 0.6) is 0 Å². The van der Waals surface area contributed by atoms with Crippen molar-refractivity contribution in [1.29, 1.82) is 0 Å². The second kappa shape index (κ2) is 7.84. The Bertz CT molecular complexity index is 452. The zero-order valence-electron chi connectivity index (χ0n) is 13.6. The number of rotatable bonds is 7. The van der Waals surface area contributed by atoms with E-state index >= 15 is 0 Å². The lowest BCUT2D eigenvalue weighted by molar-refractivity contribution is -0.118. The Morgan fingerprint density at radius 2 is 2.14 bits per heavy atom. The summed E-state index contributed by atoms with van der Waals surface area (Å²) in [6.07, 6.45) is 3.91. The average molecular weight is 313 g/mol. The number of aliphatic hydroxyl groups excluding tert-OH is 1. The third-order valence-electron chi connectivity index (χ3n) is 3.19. The minimum absolute atomic E-state index is 0.0283. The van der Waals surface area contributed by atoms with Crippen LogP contribution in [0.15, 0.2) is 17.6 Å². The molecular weight excluding hydrogens is 286 g/mol. The van der Waals surface area contributed by atoms with Crippen LogP contribution in [0.25, 0.3) is 0 Å². The largest absolute Gasteiger partial charge is 0.393 e. The molecule has 0 bridgehead atoms. The van der Waals surface area contributed by atoms with Crippen LogP contribution in [-0.2, 0) is 10.3 Å². The van der Waals surface area contributed by atoms with Gasteiger partial charge in [0.05, 0.1) is 11.9 Å². The topological polar surface area (TPSA) is 67.2 Å². The van der Waals surface area contributed by atoms with E-state index in [0.717, 1.165) is 5.16 Å². The summed E-state index contributed by atoms with van der Waals surface area (Å²) in [6.45, 7) is 10.8. The summed E-state index contributed by atoms with van der Waals surface area (Å²) in [5.74, 6) is 0.528. The zero-order valence-corrected chi connectivity index (χ0v) is 14.4. The van der Waals surface area contributed by atoms with Gasteiger partial charge < -0.3 is 15.0 Å². The third kappa shape index (κ3) is 6.09. The van der Waals surface area contributed by atoms with Gasteiger partial charge in [0, 0.05) is 24.5 Å². The predicted octanol–water partition coefficient (Wildman–Crippen LogP) is 2.25. The Kier molecular flexibility index (Phi) is 6.74. The Balaban J connectivity index is 2.36. The monoisotopic (exact) mass is 313 g/mol. The van der Waals surface area contributed by atoms with Crippen LogP contribution in [0.2, 0.25) is 0 Å². The second-order valence-corrected chi connectivity index (χ2v) is 7.43. The molecule has 0 saturated heterocycles. The Hall–Kier alpha value is -1.01. The first-order chi connectivity index (χ1) is 9.71. The van der Waals surface area contributed by atoms with Crippen LogP contribution < -0.4 is 5.32 Å². The van der Waals surface area contributed by atoms with Crippen molar-refractivity contribution in [1.82, 2.24) is 14.9 Å². The first-order valence-corrected chi connectivity index (χ1v) is 8.31. The Morgan fingerprint density at radius 3 is 2.71 bits per heavy atom. The van der Waals surface area contributed by atoms with E-state index in [1.807, 2.05) is 20.0 Å². The van der Waals surface area contributed by atoms with Gasteiger partial charge in [-0.25, -0.2) is 4.98 Å². The molecule has 120 valence electrons. The maximum Gasteiger partial charge on any atom is 0.230 e. The molecule has 1 amide bonds. The molecule has 21 heavy (non-hydrogen) atoms. The smallest absolute Gasteiger partial charge is 0.230 e. The summed E-state index contributed by atoms with van der Waals surface area (Å²) in [7, 11) is 0. The van der Waals surface area contributed by atoms with E-state index in [9.17, 15) is 9.90 Å². The fourth-order valence-electron chi connectivity index (χ4n) is 1.78. The van der Waals surface area contributed by atoms with Crippen LogP contribution in [0.4, 0.5) is 0 Å². The van der Waals surface area contributed by atoms with Gasteiger partial charge >= 0.3 is 0 Å². The number of amides is 1. The summed E-state index contributed by atoms with van der Waals surface area (Å²) < 4.78 is 2.06. The van der Waals surface area contributed by atoms with Crippen LogP contribution in [0.3, 0.4) is 0 Å². The first-order valence-electron chi connectivity index (χ1n) is 7.33. The number of aromatic nitrogens is 2. The summed E-state index contributed by atoms with van der Waals surface area (Å²) in [5.41, 5.74) is -0.0450. The van der Waals surface area contributed by atoms with Crippen molar-refractivity contribution < 1.29 is 9.90 Å². The molecule has 1 atom stereocenters. The SMILES string of the molecule is CC(C)C(O)CCNC(=O)CSc1nccn1C(C)(C)C. The third-order valence-corrected chi connectivity index (χ3v) is 4.16. The summed E-state index contributed by atoms with van der Waals surface area (Å²) in [5, 5.41) is 13.4. The van der Waals surface area contributed by atoms with E-state index < -0.39 is 0 Å². The van der Waals surface area contributed by atoms with Crippen molar-refractivity contribution in [3.05, 3.63) is 12.4 Å². The van der Waals surface area contributed by atoms with Crippen LogP contribution in [0, 0.1) is 5.92 Å². The van der Waals surface area contributed by atoms with Crippen LogP contribution >= 0.6 is 11.8 Å². The highest BCUT2D eigenvalue weighted by atomic mass is 32.2. The molecule has 1 aromatic heterocycles. The molecule has 2 N–H and O–H groups in total. The number of imidazole rings is 1. The van der Waals surface area contributed by atoms with E-state index in [4.69, 9.17) is 0 Å². The van der Waals surface area contributed by atoms with Gasteiger partial charge in [0.25, 0.3) is 0 Å². The maximum atomic E-state index is 11.8. The van der Waals surface area contributed by atoms with Crippen molar-refractivity contribution in [3.63, 3.8) is 0 Å². The van der Waals surface area contributed by atoms with Crippen molar-refractivity contribution in [2.45, 2.75) is 57.8 Å². The number of nitrogens with one attached hydrogen (secondary N) is 1. The van der Waals surface area contributed by atoms with E-state index in [1.165, 1.54) is 11.8 Å². The number of hydrogen-bond donors (Lipinski definition) is 2. The van der Waals surface area contributed by atoms with E-state index in [-0.39, 0.29) is 23.5 Å². The van der Waals surface area contributed by atoms with Gasteiger partial charge in [0.1, 0.15) is 0 Å². The number of carbonyl (C=O) groups excluding carboxylic acids is 1. The molecule has 0 aliphatic rings. The van der Waals surface area contributed by atoms with Crippen molar-refractivity contribution in [2.24, 2.45) is 5.92 Å². The number of aliphatic hydroxyl groups is 1. The van der Waals surface area contributed by atoms with Crippen LogP contribution in [0.1, 0.15) is 41.0 Å². The van der Waals surface area contributed by atoms with E-state index in [1.54, 1.807) is 6.20 Å². The van der Waals surface area contributed by atoms with Crippen molar-refractivity contribution in [2.75, 3.05) is 12.3 Å². The number of nitrogens with zero attached hydrogens (tertiary/aromatic N) is 2. The molecule has 0 spiro atoms.